The van der Waals surface area contributed by atoms with E-state index in [9.17, 15) is 18.3 Å². The van der Waals surface area contributed by atoms with Crippen molar-refractivity contribution in [1.82, 2.24) is 0 Å². The van der Waals surface area contributed by atoms with E-state index in [2.05, 4.69) is 26.0 Å². The number of halogens is 4. The molecule has 0 spiro atoms. The monoisotopic (exact) mass is 361 g/mol. The van der Waals surface area contributed by atoms with Crippen LogP contribution in [0.5, 0.6) is 11.5 Å². The molecule has 0 heterocycles. The predicted octanol–water partition coefficient (Wildman–Crippen LogP) is 4.67. The molecule has 0 aliphatic rings. The summed E-state index contributed by atoms with van der Waals surface area (Å²) in [7, 11) is 0. The molecule has 7 heteroatoms. The minimum Gasteiger partial charge on any atom is -0.508 e. The lowest BCUT2D eigenvalue weighted by Crippen LogP contribution is -2.18. The van der Waals surface area contributed by atoms with Crippen molar-refractivity contribution in [2.45, 2.75) is 12.9 Å². The minimum atomic E-state index is -4.75. The number of ether oxygens (including phenoxy) is 1. The Balaban J connectivity index is 2.15. The predicted molar refractivity (Wildman–Crippen MR) is 76.3 cm³/mol. The number of aromatic hydroxyl groups is 1. The van der Waals surface area contributed by atoms with Gasteiger partial charge in [-0.15, -0.1) is 13.2 Å². The van der Waals surface area contributed by atoms with Crippen LogP contribution in [0.2, 0.25) is 0 Å². The van der Waals surface area contributed by atoms with Gasteiger partial charge in [0, 0.05) is 16.6 Å². The number of benzene rings is 2. The second-order valence-electron chi connectivity index (χ2n) is 4.17. The lowest BCUT2D eigenvalue weighted by molar-refractivity contribution is -0.274. The number of para-hydroxylation sites is 2. The maximum absolute atomic E-state index is 12.3. The fraction of sp³-hybridized carbons (Fsp3) is 0.143. The van der Waals surface area contributed by atoms with E-state index in [1.54, 1.807) is 18.2 Å². The molecule has 0 aromatic heterocycles. The fourth-order valence-electron chi connectivity index (χ4n) is 1.71. The maximum Gasteiger partial charge on any atom is 0.573 e. The summed E-state index contributed by atoms with van der Waals surface area (Å²) in [6, 6.07) is 10.6. The van der Waals surface area contributed by atoms with Crippen LogP contribution in [0, 0.1) is 0 Å². The van der Waals surface area contributed by atoms with Crippen molar-refractivity contribution in [3.8, 4) is 11.5 Å². The molecule has 2 aromatic carbocycles. The van der Waals surface area contributed by atoms with Crippen LogP contribution < -0.4 is 10.1 Å². The molecule has 21 heavy (non-hydrogen) atoms. The molecule has 0 saturated carbocycles. The lowest BCUT2D eigenvalue weighted by Gasteiger charge is -2.15. The van der Waals surface area contributed by atoms with Gasteiger partial charge in [-0.1, -0.05) is 28.1 Å². The first-order chi connectivity index (χ1) is 9.85. The molecule has 0 amide bonds. The highest BCUT2D eigenvalue weighted by Gasteiger charge is 2.32. The third-order valence-electron chi connectivity index (χ3n) is 2.62. The van der Waals surface area contributed by atoms with Crippen molar-refractivity contribution in [2.75, 3.05) is 5.32 Å². The van der Waals surface area contributed by atoms with Gasteiger partial charge in [0.2, 0.25) is 0 Å². The fourth-order valence-corrected chi connectivity index (χ4v) is 2.12. The van der Waals surface area contributed by atoms with E-state index in [1.807, 2.05) is 0 Å². The van der Waals surface area contributed by atoms with Crippen LogP contribution in [-0.2, 0) is 6.54 Å². The topological polar surface area (TPSA) is 41.5 Å². The number of anilines is 1. The van der Waals surface area contributed by atoms with E-state index in [4.69, 9.17) is 0 Å². The first-order valence-electron chi connectivity index (χ1n) is 5.91. The number of nitrogens with one attached hydrogen (secondary N) is 1. The molecule has 2 rings (SSSR count). The molecule has 0 saturated heterocycles. The zero-order valence-corrected chi connectivity index (χ0v) is 12.2. The molecule has 112 valence electrons. The minimum absolute atomic E-state index is 0.0555. The Labute approximate surface area is 127 Å². The summed E-state index contributed by atoms with van der Waals surface area (Å²) in [6.07, 6.45) is -4.75. The van der Waals surface area contributed by atoms with Crippen LogP contribution in [0.3, 0.4) is 0 Å². The molecule has 0 bridgehead atoms. The van der Waals surface area contributed by atoms with Crippen molar-refractivity contribution in [2.24, 2.45) is 0 Å². The SMILES string of the molecule is Oc1ccc(Br)cc1CNc1ccccc1OC(F)(F)F. The summed E-state index contributed by atoms with van der Waals surface area (Å²) < 4.78 is 41.6. The third-order valence-corrected chi connectivity index (χ3v) is 3.12. The molecular weight excluding hydrogens is 351 g/mol. The van der Waals surface area contributed by atoms with Gasteiger partial charge in [0.15, 0.2) is 5.75 Å². The zero-order chi connectivity index (χ0) is 15.5. The summed E-state index contributed by atoms with van der Waals surface area (Å²) in [4.78, 5) is 0. The molecule has 0 unspecified atom stereocenters. The van der Waals surface area contributed by atoms with Crippen LogP contribution in [0.1, 0.15) is 5.56 Å². The van der Waals surface area contributed by atoms with Crippen molar-refractivity contribution in [3.05, 3.63) is 52.5 Å². The summed E-state index contributed by atoms with van der Waals surface area (Å²) in [6.45, 7) is 0.156. The Morgan fingerprint density at radius 1 is 1.14 bits per heavy atom. The molecule has 0 radical (unpaired) electrons. The maximum atomic E-state index is 12.3. The van der Waals surface area contributed by atoms with Crippen LogP contribution >= 0.6 is 15.9 Å². The largest absolute Gasteiger partial charge is 0.573 e. The van der Waals surface area contributed by atoms with Gasteiger partial charge < -0.3 is 15.2 Å². The average molecular weight is 362 g/mol. The van der Waals surface area contributed by atoms with Crippen molar-refractivity contribution in [3.63, 3.8) is 0 Å². The Kier molecular flexibility index (Phi) is 4.62. The number of rotatable bonds is 4. The Morgan fingerprint density at radius 3 is 2.57 bits per heavy atom. The number of hydrogen-bond donors (Lipinski definition) is 2. The van der Waals surface area contributed by atoms with Crippen LogP contribution in [0.4, 0.5) is 18.9 Å². The van der Waals surface area contributed by atoms with E-state index in [0.717, 1.165) is 4.47 Å². The molecular formula is C14H11BrF3NO2. The number of alkyl halides is 3. The summed E-state index contributed by atoms with van der Waals surface area (Å²) in [5, 5.41) is 12.5. The van der Waals surface area contributed by atoms with E-state index < -0.39 is 6.36 Å². The first kappa shape index (κ1) is 15.5. The highest BCUT2D eigenvalue weighted by molar-refractivity contribution is 9.10. The molecule has 0 aliphatic heterocycles. The first-order valence-corrected chi connectivity index (χ1v) is 6.70. The van der Waals surface area contributed by atoms with Gasteiger partial charge in [0.1, 0.15) is 5.75 Å². The number of hydrogen-bond acceptors (Lipinski definition) is 3. The van der Waals surface area contributed by atoms with Gasteiger partial charge >= 0.3 is 6.36 Å². The highest BCUT2D eigenvalue weighted by atomic mass is 79.9. The van der Waals surface area contributed by atoms with Gasteiger partial charge in [-0.2, -0.15) is 0 Å². The second-order valence-corrected chi connectivity index (χ2v) is 5.09. The third kappa shape index (κ3) is 4.56. The Morgan fingerprint density at radius 2 is 1.86 bits per heavy atom. The van der Waals surface area contributed by atoms with E-state index in [1.165, 1.54) is 24.3 Å². The van der Waals surface area contributed by atoms with E-state index in [0.29, 0.717) is 5.56 Å². The smallest absolute Gasteiger partial charge is 0.508 e. The summed E-state index contributed by atoms with van der Waals surface area (Å²) in [5.74, 6) is -0.264. The van der Waals surface area contributed by atoms with Crippen molar-refractivity contribution >= 4 is 21.6 Å². The second kappa shape index (κ2) is 6.26. The van der Waals surface area contributed by atoms with Gasteiger partial charge in [0.25, 0.3) is 0 Å². The summed E-state index contributed by atoms with van der Waals surface area (Å²) in [5.41, 5.74) is 0.736. The van der Waals surface area contributed by atoms with Crippen LogP contribution in [0.25, 0.3) is 0 Å². The van der Waals surface area contributed by atoms with Crippen LogP contribution in [0.15, 0.2) is 46.9 Å². The average Bonchev–Trinajstić information content (AvgIpc) is 2.39. The van der Waals surface area contributed by atoms with Gasteiger partial charge in [0.05, 0.1) is 5.69 Å². The van der Waals surface area contributed by atoms with E-state index >= 15 is 0 Å². The molecule has 2 N–H and O–H groups in total. The van der Waals surface area contributed by atoms with Gasteiger partial charge in [-0.25, -0.2) is 0 Å². The number of phenols is 1. The normalized spacial score (nSPS) is 11.2. The lowest BCUT2D eigenvalue weighted by atomic mass is 10.2. The van der Waals surface area contributed by atoms with Crippen molar-refractivity contribution < 1.29 is 23.0 Å². The molecule has 3 nitrogen and oxygen atoms in total. The Hall–Kier alpha value is -1.89. The van der Waals surface area contributed by atoms with Crippen molar-refractivity contribution in [1.29, 1.82) is 0 Å². The standard InChI is InChI=1S/C14H11BrF3NO2/c15-10-5-6-12(20)9(7-10)8-19-11-3-1-2-4-13(11)21-14(16,17)18/h1-7,19-20H,8H2. The molecule has 0 fully saturated rings. The van der Waals surface area contributed by atoms with Crippen LogP contribution in [-0.4, -0.2) is 11.5 Å². The summed E-state index contributed by atoms with van der Waals surface area (Å²) >= 11 is 3.26. The molecule has 0 atom stereocenters. The quantitative estimate of drug-likeness (QED) is 0.831. The van der Waals surface area contributed by atoms with Gasteiger partial charge in [-0.05, 0) is 30.3 Å². The number of phenolic OH excluding ortho intramolecular Hbond substituents is 1. The molecule has 2 aromatic rings. The highest BCUT2D eigenvalue weighted by Crippen LogP contribution is 2.31. The van der Waals surface area contributed by atoms with E-state index in [-0.39, 0.29) is 23.7 Å². The molecule has 0 aliphatic carbocycles. The Bertz CT molecular complexity index is 632. The zero-order valence-electron chi connectivity index (χ0n) is 10.6. The van der Waals surface area contributed by atoms with Gasteiger partial charge in [-0.3, -0.25) is 0 Å².